The lowest BCUT2D eigenvalue weighted by molar-refractivity contribution is 0.265. The molecule has 1 saturated carbocycles. The van der Waals surface area contributed by atoms with Gasteiger partial charge in [-0.25, -0.2) is 0 Å². The maximum Gasteiger partial charge on any atom is 0.115 e. The first-order valence-electron chi connectivity index (χ1n) is 5.72. The number of aromatic hydroxyl groups is 1. The number of phenols is 1. The molecule has 1 N–H and O–H groups in total. The van der Waals surface area contributed by atoms with Crippen LogP contribution in [0.2, 0.25) is 0 Å². The molecule has 0 atom stereocenters. The molecule has 0 radical (unpaired) electrons. The van der Waals surface area contributed by atoms with E-state index in [-0.39, 0.29) is 12.4 Å². The van der Waals surface area contributed by atoms with E-state index in [9.17, 15) is 5.11 Å². The fourth-order valence-electron chi connectivity index (χ4n) is 1.97. The van der Waals surface area contributed by atoms with Crippen LogP contribution in [0.3, 0.4) is 0 Å². The van der Waals surface area contributed by atoms with E-state index in [1.807, 2.05) is 23.9 Å². The van der Waals surface area contributed by atoms with E-state index in [4.69, 9.17) is 0 Å². The third-order valence-electron chi connectivity index (χ3n) is 3.45. The van der Waals surface area contributed by atoms with Crippen molar-refractivity contribution in [3.8, 4) is 5.75 Å². The molecule has 0 saturated heterocycles. The largest absolute Gasteiger partial charge is 0.508 e. The highest BCUT2D eigenvalue weighted by molar-refractivity contribution is 7.99. The molecule has 0 aliphatic heterocycles. The molecule has 1 aliphatic carbocycles. The van der Waals surface area contributed by atoms with Crippen LogP contribution in [-0.4, -0.2) is 35.4 Å². The summed E-state index contributed by atoms with van der Waals surface area (Å²) in [7, 11) is 4.36. The van der Waals surface area contributed by atoms with Crippen LogP contribution in [0.25, 0.3) is 0 Å². The Morgan fingerprint density at radius 2 is 1.82 bits per heavy atom. The van der Waals surface area contributed by atoms with Gasteiger partial charge in [0.05, 0.1) is 0 Å². The van der Waals surface area contributed by atoms with E-state index in [1.54, 1.807) is 12.1 Å². The summed E-state index contributed by atoms with van der Waals surface area (Å²) in [6.07, 6.45) is 3.94. The molecule has 4 heteroatoms. The van der Waals surface area contributed by atoms with E-state index in [0.717, 1.165) is 5.75 Å². The summed E-state index contributed by atoms with van der Waals surface area (Å²) in [4.78, 5) is 3.61. The minimum atomic E-state index is 0. The molecule has 1 aromatic rings. The molecule has 96 valence electrons. The van der Waals surface area contributed by atoms with Crippen LogP contribution in [0.15, 0.2) is 29.2 Å². The molecule has 0 heterocycles. The zero-order chi connectivity index (χ0) is 11.6. The number of thioether (sulfide) groups is 1. The summed E-state index contributed by atoms with van der Waals surface area (Å²) in [5, 5.41) is 9.18. The molecule has 0 amide bonds. The number of nitrogens with zero attached hydrogens (tertiary/aromatic N) is 1. The lowest BCUT2D eigenvalue weighted by atomic mass is 10.2. The number of halogens is 1. The van der Waals surface area contributed by atoms with Crippen LogP contribution < -0.4 is 0 Å². The summed E-state index contributed by atoms with van der Waals surface area (Å²) in [6, 6.07) is 7.47. The molecule has 17 heavy (non-hydrogen) atoms. The van der Waals surface area contributed by atoms with Crippen molar-refractivity contribution in [1.29, 1.82) is 0 Å². The van der Waals surface area contributed by atoms with Crippen LogP contribution in [0.5, 0.6) is 5.75 Å². The van der Waals surface area contributed by atoms with Gasteiger partial charge in [-0.15, -0.1) is 24.2 Å². The molecule has 2 nitrogen and oxygen atoms in total. The van der Waals surface area contributed by atoms with Gasteiger partial charge in [0.15, 0.2) is 0 Å². The van der Waals surface area contributed by atoms with Gasteiger partial charge in [-0.05, 0) is 63.4 Å². The first-order chi connectivity index (χ1) is 7.62. The normalized spacial score (nSPS) is 16.6. The smallest absolute Gasteiger partial charge is 0.115 e. The molecule has 0 aromatic heterocycles. The highest BCUT2D eigenvalue weighted by Gasteiger charge is 2.43. The van der Waals surface area contributed by atoms with Crippen molar-refractivity contribution < 1.29 is 5.11 Å². The van der Waals surface area contributed by atoms with Crippen LogP contribution in [0, 0.1) is 0 Å². The van der Waals surface area contributed by atoms with Crippen molar-refractivity contribution in [2.45, 2.75) is 29.7 Å². The van der Waals surface area contributed by atoms with Crippen molar-refractivity contribution in [2.24, 2.45) is 0 Å². The molecule has 0 spiro atoms. The van der Waals surface area contributed by atoms with E-state index in [2.05, 4.69) is 19.0 Å². The monoisotopic (exact) mass is 273 g/mol. The van der Waals surface area contributed by atoms with Gasteiger partial charge in [-0.2, -0.15) is 0 Å². The summed E-state index contributed by atoms with van der Waals surface area (Å²) >= 11 is 1.88. The van der Waals surface area contributed by atoms with Crippen LogP contribution >= 0.6 is 24.2 Å². The van der Waals surface area contributed by atoms with E-state index in [1.165, 1.54) is 24.2 Å². The van der Waals surface area contributed by atoms with Gasteiger partial charge < -0.3 is 10.0 Å². The zero-order valence-electron chi connectivity index (χ0n) is 10.3. The summed E-state index contributed by atoms with van der Waals surface area (Å²) in [6.45, 7) is 0. The van der Waals surface area contributed by atoms with Gasteiger partial charge in [0.1, 0.15) is 5.75 Å². The molecule has 1 aromatic carbocycles. The van der Waals surface area contributed by atoms with Crippen molar-refractivity contribution in [1.82, 2.24) is 4.90 Å². The average Bonchev–Trinajstić information content (AvgIpc) is 3.02. The Morgan fingerprint density at radius 1 is 1.24 bits per heavy atom. The Bertz CT molecular complexity index is 349. The number of phenolic OH excluding ortho intramolecular Hbond substituents is 1. The predicted octanol–water partition coefficient (Wildman–Crippen LogP) is 3.39. The maximum atomic E-state index is 9.18. The summed E-state index contributed by atoms with van der Waals surface area (Å²) < 4.78 is 0. The van der Waals surface area contributed by atoms with E-state index < -0.39 is 0 Å². The van der Waals surface area contributed by atoms with Crippen LogP contribution in [-0.2, 0) is 0 Å². The fourth-order valence-corrected chi connectivity index (χ4v) is 3.01. The van der Waals surface area contributed by atoms with E-state index in [0.29, 0.717) is 11.3 Å². The Balaban J connectivity index is 0.00000144. The predicted molar refractivity (Wildman–Crippen MR) is 76.3 cm³/mol. The molecule has 1 aliphatic rings. The SMILES string of the molecule is CN(C)C1(CCSc2ccc(O)cc2)CC1.Cl. The molecular weight excluding hydrogens is 254 g/mol. The lowest BCUT2D eigenvalue weighted by Crippen LogP contribution is -2.30. The Hall–Kier alpha value is -0.380. The highest BCUT2D eigenvalue weighted by Crippen LogP contribution is 2.44. The third kappa shape index (κ3) is 3.80. The molecule has 0 bridgehead atoms. The summed E-state index contributed by atoms with van der Waals surface area (Å²) in [5.74, 6) is 1.50. The van der Waals surface area contributed by atoms with Gasteiger partial charge in [0.25, 0.3) is 0 Å². The maximum absolute atomic E-state index is 9.18. The second-order valence-corrected chi connectivity index (χ2v) is 5.88. The first-order valence-corrected chi connectivity index (χ1v) is 6.70. The summed E-state index contributed by atoms with van der Waals surface area (Å²) in [5.41, 5.74) is 0.490. The van der Waals surface area contributed by atoms with Crippen molar-refractivity contribution in [3.05, 3.63) is 24.3 Å². The molecule has 2 rings (SSSR count). The van der Waals surface area contributed by atoms with Gasteiger partial charge in [-0.1, -0.05) is 0 Å². The van der Waals surface area contributed by atoms with Crippen molar-refractivity contribution in [3.63, 3.8) is 0 Å². The number of hydrogen-bond acceptors (Lipinski definition) is 3. The Labute approximate surface area is 114 Å². The highest BCUT2D eigenvalue weighted by atomic mass is 35.5. The second kappa shape index (κ2) is 5.98. The third-order valence-corrected chi connectivity index (χ3v) is 4.46. The number of rotatable bonds is 5. The number of benzene rings is 1. The van der Waals surface area contributed by atoms with Crippen LogP contribution in [0.4, 0.5) is 0 Å². The minimum Gasteiger partial charge on any atom is -0.508 e. The van der Waals surface area contributed by atoms with E-state index >= 15 is 0 Å². The van der Waals surface area contributed by atoms with Crippen molar-refractivity contribution in [2.75, 3.05) is 19.8 Å². The quantitative estimate of drug-likeness (QED) is 0.832. The van der Waals surface area contributed by atoms with Gasteiger partial charge in [-0.3, -0.25) is 0 Å². The van der Waals surface area contributed by atoms with Crippen molar-refractivity contribution >= 4 is 24.2 Å². The topological polar surface area (TPSA) is 23.5 Å². The van der Waals surface area contributed by atoms with Crippen LogP contribution in [0.1, 0.15) is 19.3 Å². The molecule has 0 unspecified atom stereocenters. The first kappa shape index (κ1) is 14.7. The number of hydrogen-bond donors (Lipinski definition) is 1. The zero-order valence-corrected chi connectivity index (χ0v) is 12.0. The molecular formula is C13H20ClNOS. The minimum absolute atomic E-state index is 0. The Kier molecular flexibility index (Phi) is 5.17. The van der Waals surface area contributed by atoms with Gasteiger partial charge in [0, 0.05) is 10.4 Å². The lowest BCUT2D eigenvalue weighted by Gasteiger charge is -2.23. The van der Waals surface area contributed by atoms with Gasteiger partial charge >= 0.3 is 0 Å². The standard InChI is InChI=1S/C13H19NOS.ClH/c1-14(2)13(7-8-13)9-10-16-12-5-3-11(15)4-6-12;/h3-6,15H,7-10H2,1-2H3;1H. The fraction of sp³-hybridized carbons (Fsp3) is 0.538. The Morgan fingerprint density at radius 3 is 2.29 bits per heavy atom. The second-order valence-electron chi connectivity index (χ2n) is 4.71. The van der Waals surface area contributed by atoms with Gasteiger partial charge in [0.2, 0.25) is 0 Å². The average molecular weight is 274 g/mol. The molecule has 1 fully saturated rings.